The molecule has 8 heteroatoms. The Morgan fingerprint density at radius 1 is 1.04 bits per heavy atom. The highest BCUT2D eigenvalue weighted by atomic mass is 16.5. The van der Waals surface area contributed by atoms with Crippen LogP contribution in [-0.2, 0) is 4.74 Å². The summed E-state index contributed by atoms with van der Waals surface area (Å²) in [5.41, 5.74) is 12.8. The second-order valence-electron chi connectivity index (χ2n) is 6.92. The zero-order valence-electron chi connectivity index (χ0n) is 13.9. The van der Waals surface area contributed by atoms with Crippen LogP contribution in [0.15, 0.2) is 0 Å². The molecule has 0 aromatic carbocycles. The number of aromatic nitrogens is 4. The number of H-pyrrole nitrogens is 1. The van der Waals surface area contributed by atoms with Gasteiger partial charge >= 0.3 is 0 Å². The fourth-order valence-electron chi connectivity index (χ4n) is 3.83. The fourth-order valence-corrected chi connectivity index (χ4v) is 3.83. The molecule has 0 atom stereocenters. The van der Waals surface area contributed by atoms with Crippen molar-refractivity contribution >= 4 is 22.9 Å². The maximum atomic E-state index is 5.91. The van der Waals surface area contributed by atoms with Gasteiger partial charge in [-0.05, 0) is 44.7 Å². The first-order valence-corrected chi connectivity index (χ1v) is 8.77. The van der Waals surface area contributed by atoms with Gasteiger partial charge in [0.2, 0.25) is 5.95 Å². The number of nitrogen functional groups attached to an aromatic ring is 2. The normalized spacial score (nSPS) is 21.5. The van der Waals surface area contributed by atoms with Crippen molar-refractivity contribution in [2.45, 2.75) is 31.6 Å². The number of piperidine rings is 1. The summed E-state index contributed by atoms with van der Waals surface area (Å²) in [5, 5.41) is 0. The van der Waals surface area contributed by atoms with E-state index in [9.17, 15) is 0 Å². The molecule has 2 aliphatic rings. The molecule has 2 aromatic heterocycles. The molecule has 4 rings (SSSR count). The lowest BCUT2D eigenvalue weighted by Gasteiger charge is -2.34. The van der Waals surface area contributed by atoms with Crippen molar-refractivity contribution in [3.05, 3.63) is 5.82 Å². The van der Waals surface area contributed by atoms with Crippen LogP contribution in [0.2, 0.25) is 0 Å². The van der Waals surface area contributed by atoms with Gasteiger partial charge in [-0.1, -0.05) is 0 Å². The molecule has 0 unspecified atom stereocenters. The summed E-state index contributed by atoms with van der Waals surface area (Å²) in [6.07, 6.45) is 4.60. The van der Waals surface area contributed by atoms with Gasteiger partial charge in [0, 0.05) is 25.7 Å². The Balaban J connectivity index is 1.39. The molecule has 5 N–H and O–H groups in total. The lowest BCUT2D eigenvalue weighted by Crippen LogP contribution is -2.38. The monoisotopic (exact) mass is 331 g/mol. The molecule has 2 aliphatic heterocycles. The predicted molar refractivity (Wildman–Crippen MR) is 92.5 cm³/mol. The standard InChI is InChI=1S/C16H25N7O/c17-13-12-15(22-16(18)20-13)21-14(19-12)11-1-5-23(6-2-11)9-10-3-7-24-8-4-10/h10-11H,1-9H2,(H5,17,18,19,20,21,22). The Bertz CT molecular complexity index is 702. The Morgan fingerprint density at radius 2 is 1.79 bits per heavy atom. The number of nitrogens with two attached hydrogens (primary N) is 2. The van der Waals surface area contributed by atoms with Crippen LogP contribution in [0, 0.1) is 5.92 Å². The Hall–Kier alpha value is -1.93. The molecule has 0 aliphatic carbocycles. The molecule has 24 heavy (non-hydrogen) atoms. The number of fused-ring (bicyclic) bond motifs is 1. The molecule has 2 fully saturated rings. The molecule has 0 bridgehead atoms. The van der Waals surface area contributed by atoms with Gasteiger partial charge in [0.1, 0.15) is 11.3 Å². The molecular weight excluding hydrogens is 306 g/mol. The summed E-state index contributed by atoms with van der Waals surface area (Å²) in [6.45, 7) is 5.27. The van der Waals surface area contributed by atoms with Gasteiger partial charge < -0.3 is 26.1 Å². The van der Waals surface area contributed by atoms with Crippen LogP contribution >= 0.6 is 0 Å². The third kappa shape index (κ3) is 3.16. The highest BCUT2D eigenvalue weighted by Crippen LogP contribution is 2.29. The van der Waals surface area contributed by atoms with Crippen LogP contribution in [0.1, 0.15) is 37.4 Å². The van der Waals surface area contributed by atoms with E-state index >= 15 is 0 Å². The van der Waals surface area contributed by atoms with Gasteiger partial charge in [-0.2, -0.15) is 9.97 Å². The van der Waals surface area contributed by atoms with Crippen LogP contribution in [0.4, 0.5) is 11.8 Å². The van der Waals surface area contributed by atoms with E-state index in [1.54, 1.807) is 0 Å². The van der Waals surface area contributed by atoms with Crippen molar-refractivity contribution in [3.8, 4) is 0 Å². The fraction of sp³-hybridized carbons (Fsp3) is 0.688. The van der Waals surface area contributed by atoms with E-state index in [0.29, 0.717) is 22.9 Å². The van der Waals surface area contributed by atoms with E-state index < -0.39 is 0 Å². The molecular formula is C16H25N7O. The minimum atomic E-state index is 0.171. The minimum Gasteiger partial charge on any atom is -0.382 e. The maximum absolute atomic E-state index is 5.91. The van der Waals surface area contributed by atoms with E-state index in [2.05, 4.69) is 24.8 Å². The van der Waals surface area contributed by atoms with E-state index in [-0.39, 0.29) is 5.95 Å². The molecule has 0 spiro atoms. The number of rotatable bonds is 3. The number of aromatic amines is 1. The second-order valence-corrected chi connectivity index (χ2v) is 6.92. The molecule has 0 radical (unpaired) electrons. The number of hydrogen-bond acceptors (Lipinski definition) is 7. The summed E-state index contributed by atoms with van der Waals surface area (Å²) in [4.78, 5) is 18.6. The molecule has 0 amide bonds. The largest absolute Gasteiger partial charge is 0.382 e. The number of likely N-dealkylation sites (tertiary alicyclic amines) is 1. The Labute approximate surface area is 141 Å². The van der Waals surface area contributed by atoms with Crippen LogP contribution in [-0.4, -0.2) is 57.7 Å². The molecule has 4 heterocycles. The van der Waals surface area contributed by atoms with Gasteiger partial charge in [0.05, 0.1) is 0 Å². The van der Waals surface area contributed by atoms with Crippen molar-refractivity contribution < 1.29 is 4.74 Å². The third-order valence-electron chi connectivity index (χ3n) is 5.25. The van der Waals surface area contributed by atoms with Crippen LogP contribution in [0.5, 0.6) is 0 Å². The highest BCUT2D eigenvalue weighted by molar-refractivity contribution is 5.82. The number of ether oxygens (including phenoxy) is 1. The van der Waals surface area contributed by atoms with Crippen molar-refractivity contribution in [1.29, 1.82) is 0 Å². The van der Waals surface area contributed by atoms with Crippen LogP contribution < -0.4 is 11.5 Å². The highest BCUT2D eigenvalue weighted by Gasteiger charge is 2.26. The number of anilines is 2. The zero-order valence-corrected chi connectivity index (χ0v) is 13.9. The quantitative estimate of drug-likeness (QED) is 0.771. The number of nitrogens with zero attached hydrogens (tertiary/aromatic N) is 4. The van der Waals surface area contributed by atoms with Crippen molar-refractivity contribution in [2.75, 3.05) is 44.3 Å². The van der Waals surface area contributed by atoms with Gasteiger partial charge in [0.15, 0.2) is 11.5 Å². The Morgan fingerprint density at radius 3 is 2.54 bits per heavy atom. The molecule has 8 nitrogen and oxygen atoms in total. The molecule has 0 saturated carbocycles. The topological polar surface area (TPSA) is 119 Å². The Kier molecular flexibility index (Phi) is 4.24. The van der Waals surface area contributed by atoms with Gasteiger partial charge in [-0.3, -0.25) is 0 Å². The zero-order chi connectivity index (χ0) is 16.5. The summed E-state index contributed by atoms with van der Waals surface area (Å²) in [7, 11) is 0. The molecule has 130 valence electrons. The van der Waals surface area contributed by atoms with E-state index in [1.165, 1.54) is 19.4 Å². The van der Waals surface area contributed by atoms with Crippen molar-refractivity contribution in [3.63, 3.8) is 0 Å². The van der Waals surface area contributed by atoms with E-state index in [4.69, 9.17) is 16.2 Å². The third-order valence-corrected chi connectivity index (χ3v) is 5.25. The second kappa shape index (κ2) is 6.52. The molecule has 2 aromatic rings. The maximum Gasteiger partial charge on any atom is 0.224 e. The predicted octanol–water partition coefficient (Wildman–Crippen LogP) is 1.12. The lowest BCUT2D eigenvalue weighted by atomic mass is 9.93. The van der Waals surface area contributed by atoms with Gasteiger partial charge in [0.25, 0.3) is 0 Å². The minimum absolute atomic E-state index is 0.171. The number of imidazole rings is 1. The average molecular weight is 331 g/mol. The summed E-state index contributed by atoms with van der Waals surface area (Å²) in [5.74, 6) is 2.71. The number of nitrogens with one attached hydrogen (secondary N) is 1. The van der Waals surface area contributed by atoms with Gasteiger partial charge in [-0.25, -0.2) is 4.98 Å². The number of hydrogen-bond donors (Lipinski definition) is 3. The van der Waals surface area contributed by atoms with Crippen molar-refractivity contribution in [2.24, 2.45) is 5.92 Å². The summed E-state index contributed by atoms with van der Waals surface area (Å²) in [6, 6.07) is 0. The van der Waals surface area contributed by atoms with Gasteiger partial charge in [-0.15, -0.1) is 0 Å². The summed E-state index contributed by atoms with van der Waals surface area (Å²) >= 11 is 0. The summed E-state index contributed by atoms with van der Waals surface area (Å²) < 4.78 is 5.45. The smallest absolute Gasteiger partial charge is 0.224 e. The van der Waals surface area contributed by atoms with E-state index in [0.717, 1.165) is 50.9 Å². The van der Waals surface area contributed by atoms with Crippen molar-refractivity contribution in [1.82, 2.24) is 24.8 Å². The lowest BCUT2D eigenvalue weighted by molar-refractivity contribution is 0.0486. The first-order chi connectivity index (χ1) is 11.7. The van der Waals surface area contributed by atoms with E-state index in [1.807, 2.05) is 0 Å². The SMILES string of the molecule is Nc1nc(N)c2[nH]c(C3CCN(CC4CCOCC4)CC3)nc2n1. The average Bonchev–Trinajstić information content (AvgIpc) is 3.01. The first-order valence-electron chi connectivity index (χ1n) is 8.77. The molecule has 2 saturated heterocycles. The van der Waals surface area contributed by atoms with Crippen LogP contribution in [0.3, 0.4) is 0 Å². The first kappa shape index (κ1) is 15.6. The van der Waals surface area contributed by atoms with Crippen LogP contribution in [0.25, 0.3) is 11.2 Å².